The van der Waals surface area contributed by atoms with Crippen molar-refractivity contribution in [3.05, 3.63) is 0 Å². The van der Waals surface area contributed by atoms with Gasteiger partial charge in [0.05, 0.1) is 13.2 Å². The highest BCUT2D eigenvalue weighted by Crippen LogP contribution is 2.28. The van der Waals surface area contributed by atoms with Gasteiger partial charge in [0, 0.05) is 13.2 Å². The van der Waals surface area contributed by atoms with Gasteiger partial charge in [0.1, 0.15) is 0 Å². The number of aliphatic hydroxyl groups excluding tert-OH is 2. The first-order chi connectivity index (χ1) is 9.36. The molecular formula is C15H30O4. The smallest absolute Gasteiger partial charge is 0.157 e. The van der Waals surface area contributed by atoms with Crippen molar-refractivity contribution >= 4 is 0 Å². The minimum atomic E-state index is -0.167. The van der Waals surface area contributed by atoms with Gasteiger partial charge in [-0.2, -0.15) is 0 Å². The van der Waals surface area contributed by atoms with E-state index < -0.39 is 0 Å². The van der Waals surface area contributed by atoms with E-state index in [4.69, 9.17) is 19.7 Å². The van der Waals surface area contributed by atoms with Crippen molar-refractivity contribution < 1.29 is 19.7 Å². The Kier molecular flexibility index (Phi) is 10.4. The maximum Gasteiger partial charge on any atom is 0.157 e. The van der Waals surface area contributed by atoms with E-state index in [1.807, 2.05) is 0 Å². The molecule has 0 heterocycles. The molecule has 0 radical (unpaired) electrons. The summed E-state index contributed by atoms with van der Waals surface area (Å²) >= 11 is 0. The second-order valence-electron chi connectivity index (χ2n) is 5.41. The Balaban J connectivity index is 2.17. The van der Waals surface area contributed by atoms with Gasteiger partial charge in [-0.1, -0.05) is 32.1 Å². The summed E-state index contributed by atoms with van der Waals surface area (Å²) in [6.45, 7) is 1.41. The van der Waals surface area contributed by atoms with Crippen LogP contribution in [0.15, 0.2) is 0 Å². The quantitative estimate of drug-likeness (QED) is 0.449. The Bertz CT molecular complexity index is 183. The first kappa shape index (κ1) is 16.9. The van der Waals surface area contributed by atoms with Crippen molar-refractivity contribution in [2.45, 2.75) is 64.1 Å². The standard InChI is InChI=1S/C15H30O4/c16-10-4-12-18-15(19-13-5-11-17)9-8-14-6-2-1-3-7-14/h14-17H,1-13H2. The molecule has 1 fully saturated rings. The van der Waals surface area contributed by atoms with Crippen molar-refractivity contribution in [3.63, 3.8) is 0 Å². The van der Waals surface area contributed by atoms with Crippen LogP contribution in [0.4, 0.5) is 0 Å². The molecule has 0 spiro atoms. The zero-order valence-electron chi connectivity index (χ0n) is 12.1. The van der Waals surface area contributed by atoms with E-state index in [2.05, 4.69) is 0 Å². The Morgan fingerprint density at radius 2 is 1.47 bits per heavy atom. The molecule has 0 unspecified atom stereocenters. The number of aliphatic hydroxyl groups is 2. The fraction of sp³-hybridized carbons (Fsp3) is 1.00. The van der Waals surface area contributed by atoms with E-state index >= 15 is 0 Å². The van der Waals surface area contributed by atoms with Crippen LogP contribution in [0.1, 0.15) is 57.8 Å². The second-order valence-corrected chi connectivity index (χ2v) is 5.41. The van der Waals surface area contributed by atoms with E-state index in [0.717, 1.165) is 12.3 Å². The van der Waals surface area contributed by atoms with E-state index in [9.17, 15) is 0 Å². The molecule has 1 rings (SSSR count). The van der Waals surface area contributed by atoms with Crippen molar-refractivity contribution in [1.29, 1.82) is 0 Å². The van der Waals surface area contributed by atoms with E-state index in [1.54, 1.807) is 0 Å². The van der Waals surface area contributed by atoms with Crippen LogP contribution in [0.5, 0.6) is 0 Å². The lowest BCUT2D eigenvalue weighted by Gasteiger charge is -2.24. The van der Waals surface area contributed by atoms with Gasteiger partial charge in [-0.05, 0) is 31.6 Å². The minimum absolute atomic E-state index is 0.159. The molecule has 0 saturated heterocycles. The maximum atomic E-state index is 8.77. The molecule has 114 valence electrons. The molecule has 4 nitrogen and oxygen atoms in total. The largest absolute Gasteiger partial charge is 0.396 e. The first-order valence-corrected chi connectivity index (χ1v) is 7.81. The highest BCUT2D eigenvalue weighted by atomic mass is 16.7. The number of hydrogen-bond donors (Lipinski definition) is 2. The lowest BCUT2D eigenvalue weighted by molar-refractivity contribution is -0.151. The van der Waals surface area contributed by atoms with E-state index in [1.165, 1.54) is 38.5 Å². The summed E-state index contributed by atoms with van der Waals surface area (Å²) in [7, 11) is 0. The van der Waals surface area contributed by atoms with Gasteiger partial charge in [0.15, 0.2) is 6.29 Å². The predicted octanol–water partition coefficient (Wildman–Crippen LogP) is 2.47. The van der Waals surface area contributed by atoms with Gasteiger partial charge in [0.25, 0.3) is 0 Å². The second kappa shape index (κ2) is 11.6. The molecule has 0 atom stereocenters. The Labute approximate surface area is 117 Å². The third-order valence-corrected chi connectivity index (χ3v) is 3.75. The summed E-state index contributed by atoms with van der Waals surface area (Å²) < 4.78 is 11.3. The van der Waals surface area contributed by atoms with Gasteiger partial charge < -0.3 is 19.7 Å². The average Bonchev–Trinajstić information content (AvgIpc) is 2.45. The summed E-state index contributed by atoms with van der Waals surface area (Å²) in [5.41, 5.74) is 0. The van der Waals surface area contributed by atoms with Gasteiger partial charge in [0.2, 0.25) is 0 Å². The summed E-state index contributed by atoms with van der Waals surface area (Å²) in [5, 5.41) is 17.5. The highest BCUT2D eigenvalue weighted by Gasteiger charge is 2.16. The van der Waals surface area contributed by atoms with Crippen LogP contribution in [0.2, 0.25) is 0 Å². The molecule has 0 aromatic rings. The number of ether oxygens (including phenoxy) is 2. The Morgan fingerprint density at radius 1 is 0.895 bits per heavy atom. The van der Waals surface area contributed by atoms with Crippen LogP contribution in [0.3, 0.4) is 0 Å². The lowest BCUT2D eigenvalue weighted by Crippen LogP contribution is -2.21. The summed E-state index contributed by atoms with van der Waals surface area (Å²) in [6, 6.07) is 0. The van der Waals surface area contributed by atoms with E-state index in [0.29, 0.717) is 26.1 Å². The maximum absolute atomic E-state index is 8.77. The minimum Gasteiger partial charge on any atom is -0.396 e. The van der Waals surface area contributed by atoms with Crippen molar-refractivity contribution in [2.24, 2.45) is 5.92 Å². The molecule has 0 aliphatic heterocycles. The molecular weight excluding hydrogens is 244 g/mol. The van der Waals surface area contributed by atoms with Gasteiger partial charge >= 0.3 is 0 Å². The summed E-state index contributed by atoms with van der Waals surface area (Å²) in [4.78, 5) is 0. The van der Waals surface area contributed by atoms with Crippen molar-refractivity contribution in [3.8, 4) is 0 Å². The summed E-state index contributed by atoms with van der Waals surface area (Å²) in [6.07, 6.45) is 10.1. The average molecular weight is 274 g/mol. The topological polar surface area (TPSA) is 58.9 Å². The van der Waals surface area contributed by atoms with Crippen molar-refractivity contribution in [1.82, 2.24) is 0 Å². The van der Waals surface area contributed by atoms with E-state index in [-0.39, 0.29) is 19.5 Å². The van der Waals surface area contributed by atoms with Gasteiger partial charge in [-0.25, -0.2) is 0 Å². The normalized spacial score (nSPS) is 17.2. The SMILES string of the molecule is OCCCOC(CCC1CCCCC1)OCCCO. The fourth-order valence-corrected chi connectivity index (χ4v) is 2.62. The molecule has 19 heavy (non-hydrogen) atoms. The Hall–Kier alpha value is -0.160. The molecule has 0 aromatic carbocycles. The monoisotopic (exact) mass is 274 g/mol. The van der Waals surface area contributed by atoms with Crippen LogP contribution in [-0.2, 0) is 9.47 Å². The molecule has 1 aliphatic carbocycles. The van der Waals surface area contributed by atoms with Crippen LogP contribution in [0, 0.1) is 5.92 Å². The van der Waals surface area contributed by atoms with Crippen LogP contribution in [0.25, 0.3) is 0 Å². The molecule has 1 aliphatic rings. The summed E-state index contributed by atoms with van der Waals surface area (Å²) in [5.74, 6) is 0.833. The highest BCUT2D eigenvalue weighted by molar-refractivity contribution is 4.66. The van der Waals surface area contributed by atoms with Crippen LogP contribution in [-0.4, -0.2) is 42.9 Å². The first-order valence-electron chi connectivity index (χ1n) is 7.81. The zero-order chi connectivity index (χ0) is 13.8. The molecule has 0 bridgehead atoms. The molecule has 2 N–H and O–H groups in total. The zero-order valence-corrected chi connectivity index (χ0v) is 12.1. The number of rotatable bonds is 11. The predicted molar refractivity (Wildman–Crippen MR) is 74.9 cm³/mol. The molecule has 1 saturated carbocycles. The lowest BCUT2D eigenvalue weighted by atomic mass is 9.86. The third kappa shape index (κ3) is 8.58. The Morgan fingerprint density at radius 3 is 2.00 bits per heavy atom. The van der Waals surface area contributed by atoms with Crippen LogP contribution >= 0.6 is 0 Å². The van der Waals surface area contributed by atoms with Gasteiger partial charge in [-0.15, -0.1) is 0 Å². The van der Waals surface area contributed by atoms with Crippen molar-refractivity contribution in [2.75, 3.05) is 26.4 Å². The number of hydrogen-bond acceptors (Lipinski definition) is 4. The van der Waals surface area contributed by atoms with Gasteiger partial charge in [-0.3, -0.25) is 0 Å². The van der Waals surface area contributed by atoms with Crippen LogP contribution < -0.4 is 0 Å². The fourth-order valence-electron chi connectivity index (χ4n) is 2.62. The molecule has 0 amide bonds. The molecule has 0 aromatic heterocycles. The third-order valence-electron chi connectivity index (χ3n) is 3.75. The molecule has 4 heteroatoms.